The number of aliphatic hydroxyl groups excluding tert-OH is 1. The summed E-state index contributed by atoms with van der Waals surface area (Å²) in [5.74, 6) is -0.151. The molecule has 0 aliphatic heterocycles. The number of benzene rings is 1. The first-order valence-electron chi connectivity index (χ1n) is 7.31. The summed E-state index contributed by atoms with van der Waals surface area (Å²) in [5, 5.41) is 9.99. The molecule has 0 fully saturated rings. The molecule has 112 valence electrons. The van der Waals surface area contributed by atoms with Crippen LogP contribution in [0.1, 0.15) is 58.1 Å². The lowest BCUT2D eigenvalue weighted by Crippen LogP contribution is -2.23. The zero-order valence-corrected chi connectivity index (χ0v) is 12.8. The van der Waals surface area contributed by atoms with Gasteiger partial charge in [-0.25, -0.2) is 0 Å². The largest absolute Gasteiger partial charge is 0.465 e. The molecule has 0 unspecified atom stereocenters. The average molecular weight is 278 g/mol. The Morgan fingerprint density at radius 1 is 1.15 bits per heavy atom. The SMILES string of the molecule is CC(C)(C)C(=O)OCCCCC[C@H](O)c1ccccc1. The van der Waals surface area contributed by atoms with Gasteiger partial charge in [-0.15, -0.1) is 0 Å². The van der Waals surface area contributed by atoms with E-state index in [1.54, 1.807) is 0 Å². The van der Waals surface area contributed by atoms with Gasteiger partial charge in [0, 0.05) is 0 Å². The Labute approximate surface area is 122 Å². The molecule has 3 nitrogen and oxygen atoms in total. The van der Waals surface area contributed by atoms with Gasteiger partial charge in [0.15, 0.2) is 0 Å². The van der Waals surface area contributed by atoms with Crippen molar-refractivity contribution in [1.29, 1.82) is 0 Å². The highest BCUT2D eigenvalue weighted by Gasteiger charge is 2.22. The summed E-state index contributed by atoms with van der Waals surface area (Å²) in [5.41, 5.74) is 0.537. The van der Waals surface area contributed by atoms with E-state index in [0.29, 0.717) is 6.61 Å². The van der Waals surface area contributed by atoms with E-state index in [-0.39, 0.29) is 5.97 Å². The minimum Gasteiger partial charge on any atom is -0.465 e. The lowest BCUT2D eigenvalue weighted by molar-refractivity contribution is -0.153. The van der Waals surface area contributed by atoms with Crippen molar-refractivity contribution in [3.63, 3.8) is 0 Å². The molecule has 0 saturated heterocycles. The van der Waals surface area contributed by atoms with Gasteiger partial charge in [-0.1, -0.05) is 36.8 Å². The molecule has 0 heterocycles. The van der Waals surface area contributed by atoms with Gasteiger partial charge >= 0.3 is 5.97 Å². The zero-order chi connectivity index (χ0) is 15.0. The highest BCUT2D eigenvalue weighted by molar-refractivity contribution is 5.75. The van der Waals surface area contributed by atoms with Crippen LogP contribution in [-0.2, 0) is 9.53 Å². The third kappa shape index (κ3) is 6.20. The standard InChI is InChI=1S/C17H26O3/c1-17(2,3)16(19)20-13-9-5-8-12-15(18)14-10-6-4-7-11-14/h4,6-7,10-11,15,18H,5,8-9,12-13H2,1-3H3/t15-/m0/s1. The third-order valence-corrected chi connectivity index (χ3v) is 3.15. The molecule has 0 bridgehead atoms. The summed E-state index contributed by atoms with van der Waals surface area (Å²) < 4.78 is 5.20. The first kappa shape index (κ1) is 16.7. The number of ether oxygens (including phenoxy) is 1. The summed E-state index contributed by atoms with van der Waals surface area (Å²) in [4.78, 5) is 11.5. The fourth-order valence-electron chi connectivity index (χ4n) is 1.84. The molecule has 0 spiro atoms. The molecule has 0 aliphatic carbocycles. The number of carbonyl (C=O) groups is 1. The molecule has 3 heteroatoms. The second-order valence-electron chi connectivity index (χ2n) is 6.16. The Kier molecular flexibility index (Phi) is 6.73. The zero-order valence-electron chi connectivity index (χ0n) is 12.8. The first-order valence-corrected chi connectivity index (χ1v) is 7.31. The van der Waals surface area contributed by atoms with Gasteiger partial charge in [-0.2, -0.15) is 0 Å². The van der Waals surface area contributed by atoms with Crippen LogP contribution < -0.4 is 0 Å². The molecule has 0 aliphatic rings. The summed E-state index contributed by atoms with van der Waals surface area (Å²) >= 11 is 0. The summed E-state index contributed by atoms with van der Waals surface area (Å²) in [6.45, 7) is 6.03. The number of carbonyl (C=O) groups excluding carboxylic acids is 1. The average Bonchev–Trinajstić information content (AvgIpc) is 2.42. The number of hydrogen-bond acceptors (Lipinski definition) is 3. The maximum absolute atomic E-state index is 11.5. The van der Waals surface area contributed by atoms with Crippen molar-refractivity contribution in [3.8, 4) is 0 Å². The lowest BCUT2D eigenvalue weighted by atomic mass is 9.97. The number of esters is 1. The Hall–Kier alpha value is -1.35. The first-order chi connectivity index (χ1) is 9.41. The molecule has 1 aromatic carbocycles. The van der Waals surface area contributed by atoms with Gasteiger partial charge in [0.05, 0.1) is 18.1 Å². The second kappa shape index (κ2) is 8.05. The van der Waals surface area contributed by atoms with Crippen molar-refractivity contribution < 1.29 is 14.6 Å². The van der Waals surface area contributed by atoms with E-state index in [1.165, 1.54) is 0 Å². The third-order valence-electron chi connectivity index (χ3n) is 3.15. The minimum atomic E-state index is -0.427. The van der Waals surface area contributed by atoms with Gasteiger partial charge in [0.25, 0.3) is 0 Å². The number of hydrogen-bond donors (Lipinski definition) is 1. The topological polar surface area (TPSA) is 46.5 Å². The van der Waals surface area contributed by atoms with Gasteiger partial charge in [-0.05, 0) is 45.6 Å². The van der Waals surface area contributed by atoms with Crippen LogP contribution in [0.3, 0.4) is 0 Å². The highest BCUT2D eigenvalue weighted by Crippen LogP contribution is 2.19. The smallest absolute Gasteiger partial charge is 0.311 e. The Balaban J connectivity index is 2.10. The molecule has 1 aromatic rings. The Bertz CT molecular complexity index is 392. The van der Waals surface area contributed by atoms with Gasteiger partial charge in [0.2, 0.25) is 0 Å². The summed E-state index contributed by atoms with van der Waals surface area (Å²) in [6.07, 6.45) is 3.10. The summed E-state index contributed by atoms with van der Waals surface area (Å²) in [6, 6.07) is 9.69. The second-order valence-corrected chi connectivity index (χ2v) is 6.16. The quantitative estimate of drug-likeness (QED) is 0.608. The van der Waals surface area contributed by atoms with Crippen LogP contribution in [0.25, 0.3) is 0 Å². The number of aliphatic hydroxyl groups is 1. The van der Waals surface area contributed by atoms with Crippen LogP contribution in [-0.4, -0.2) is 17.7 Å². The van der Waals surface area contributed by atoms with E-state index in [4.69, 9.17) is 4.74 Å². The van der Waals surface area contributed by atoms with E-state index in [9.17, 15) is 9.90 Å². The van der Waals surface area contributed by atoms with Crippen LogP contribution in [0.4, 0.5) is 0 Å². The van der Waals surface area contributed by atoms with E-state index in [2.05, 4.69) is 0 Å². The van der Waals surface area contributed by atoms with Crippen LogP contribution >= 0.6 is 0 Å². The van der Waals surface area contributed by atoms with Crippen molar-refractivity contribution in [2.45, 2.75) is 52.6 Å². The van der Waals surface area contributed by atoms with Crippen molar-refractivity contribution >= 4 is 5.97 Å². The van der Waals surface area contributed by atoms with E-state index in [0.717, 1.165) is 31.2 Å². The fraction of sp³-hybridized carbons (Fsp3) is 0.588. The molecule has 1 rings (SSSR count). The molecular weight excluding hydrogens is 252 g/mol. The monoisotopic (exact) mass is 278 g/mol. The highest BCUT2D eigenvalue weighted by atomic mass is 16.5. The minimum absolute atomic E-state index is 0.151. The number of unbranched alkanes of at least 4 members (excludes halogenated alkanes) is 2. The number of rotatable bonds is 7. The predicted molar refractivity (Wildman–Crippen MR) is 80.3 cm³/mol. The molecule has 0 aromatic heterocycles. The van der Waals surface area contributed by atoms with E-state index >= 15 is 0 Å². The molecule has 0 saturated carbocycles. The molecule has 0 radical (unpaired) electrons. The Morgan fingerprint density at radius 2 is 1.80 bits per heavy atom. The van der Waals surface area contributed by atoms with E-state index < -0.39 is 11.5 Å². The van der Waals surface area contributed by atoms with Crippen molar-refractivity contribution in [3.05, 3.63) is 35.9 Å². The maximum atomic E-state index is 11.5. The molecular formula is C17H26O3. The summed E-state index contributed by atoms with van der Waals surface area (Å²) in [7, 11) is 0. The van der Waals surface area contributed by atoms with Crippen LogP contribution in [0.15, 0.2) is 30.3 Å². The molecule has 20 heavy (non-hydrogen) atoms. The Morgan fingerprint density at radius 3 is 2.40 bits per heavy atom. The normalized spacial score (nSPS) is 13.0. The molecule has 1 atom stereocenters. The van der Waals surface area contributed by atoms with E-state index in [1.807, 2.05) is 51.1 Å². The van der Waals surface area contributed by atoms with Crippen LogP contribution in [0, 0.1) is 5.41 Å². The lowest BCUT2D eigenvalue weighted by Gasteiger charge is -2.16. The molecule has 0 amide bonds. The van der Waals surface area contributed by atoms with Crippen LogP contribution in [0.2, 0.25) is 0 Å². The van der Waals surface area contributed by atoms with Crippen LogP contribution in [0.5, 0.6) is 0 Å². The van der Waals surface area contributed by atoms with Crippen molar-refractivity contribution in [2.24, 2.45) is 5.41 Å². The van der Waals surface area contributed by atoms with Gasteiger partial charge < -0.3 is 9.84 Å². The van der Waals surface area contributed by atoms with Gasteiger partial charge in [-0.3, -0.25) is 4.79 Å². The maximum Gasteiger partial charge on any atom is 0.311 e. The van der Waals surface area contributed by atoms with Gasteiger partial charge in [0.1, 0.15) is 0 Å². The predicted octanol–water partition coefficient (Wildman–Crippen LogP) is 3.87. The van der Waals surface area contributed by atoms with Crippen molar-refractivity contribution in [2.75, 3.05) is 6.61 Å². The molecule has 1 N–H and O–H groups in total. The fourth-order valence-corrected chi connectivity index (χ4v) is 1.84. The van der Waals surface area contributed by atoms with Crippen molar-refractivity contribution in [1.82, 2.24) is 0 Å².